The first-order valence-corrected chi connectivity index (χ1v) is 10.0. The Morgan fingerprint density at radius 3 is 2.63 bits per heavy atom. The van der Waals surface area contributed by atoms with Crippen LogP contribution >= 0.6 is 11.6 Å². The normalized spacial score (nSPS) is 17.3. The molecule has 3 rings (SSSR count). The smallest absolute Gasteiger partial charge is 0.316 e. The number of rotatable bonds is 5. The quantitative estimate of drug-likeness (QED) is 0.709. The second-order valence-corrected chi connectivity index (χ2v) is 7.73. The van der Waals surface area contributed by atoms with E-state index in [4.69, 9.17) is 17.3 Å². The molecule has 0 bridgehead atoms. The van der Waals surface area contributed by atoms with Crippen molar-refractivity contribution < 1.29 is 14.0 Å². The Morgan fingerprint density at radius 1 is 1.23 bits per heavy atom. The predicted molar refractivity (Wildman–Crippen MR) is 117 cm³/mol. The van der Waals surface area contributed by atoms with Crippen LogP contribution in [0.15, 0.2) is 48.5 Å². The van der Waals surface area contributed by atoms with E-state index < -0.39 is 6.03 Å². The Hall–Kier alpha value is -2.90. The van der Waals surface area contributed by atoms with Crippen LogP contribution in [0.3, 0.4) is 0 Å². The molecular weight excluding hydrogens is 407 g/mol. The van der Waals surface area contributed by atoms with Crippen LogP contribution < -0.4 is 11.1 Å². The Labute approximate surface area is 180 Å². The Bertz CT molecular complexity index is 949. The van der Waals surface area contributed by atoms with Gasteiger partial charge in [0.15, 0.2) is 0 Å². The lowest BCUT2D eigenvalue weighted by Gasteiger charge is -2.39. The molecule has 1 heterocycles. The number of nitrogens with zero attached hydrogens (tertiary/aromatic N) is 2. The Morgan fingerprint density at radius 2 is 1.97 bits per heavy atom. The number of primary amides is 1. The largest absolute Gasteiger partial charge is 0.351 e. The van der Waals surface area contributed by atoms with Gasteiger partial charge < -0.3 is 16.0 Å². The highest BCUT2D eigenvalue weighted by molar-refractivity contribution is 6.31. The van der Waals surface area contributed by atoms with Gasteiger partial charge in [0.1, 0.15) is 5.82 Å². The molecule has 0 aromatic heterocycles. The summed E-state index contributed by atoms with van der Waals surface area (Å²) in [7, 11) is 0. The first-order valence-electron chi connectivity index (χ1n) is 9.63. The van der Waals surface area contributed by atoms with Crippen molar-refractivity contribution in [2.75, 3.05) is 25.0 Å². The van der Waals surface area contributed by atoms with E-state index in [1.165, 1.54) is 18.2 Å². The predicted octanol–water partition coefficient (Wildman–Crippen LogP) is 3.72. The first-order chi connectivity index (χ1) is 14.3. The summed E-state index contributed by atoms with van der Waals surface area (Å²) >= 11 is 5.97. The van der Waals surface area contributed by atoms with E-state index >= 15 is 0 Å². The second kappa shape index (κ2) is 9.73. The van der Waals surface area contributed by atoms with Crippen LogP contribution in [-0.4, -0.2) is 47.4 Å². The minimum atomic E-state index is -0.704. The van der Waals surface area contributed by atoms with Gasteiger partial charge in [-0.2, -0.15) is 0 Å². The van der Waals surface area contributed by atoms with Gasteiger partial charge in [0.25, 0.3) is 0 Å². The zero-order chi connectivity index (χ0) is 21.7. The molecule has 0 radical (unpaired) electrons. The lowest BCUT2D eigenvalue weighted by Crippen LogP contribution is -2.53. The van der Waals surface area contributed by atoms with E-state index in [-0.39, 0.29) is 17.8 Å². The fraction of sp³-hybridized carbons (Fsp3) is 0.273. The fourth-order valence-electron chi connectivity index (χ4n) is 3.52. The van der Waals surface area contributed by atoms with E-state index in [9.17, 15) is 14.0 Å². The average Bonchev–Trinajstić information content (AvgIpc) is 2.68. The number of carbonyl (C=O) groups is 2. The summed E-state index contributed by atoms with van der Waals surface area (Å²) in [5.74, 6) is -0.354. The minimum Gasteiger partial charge on any atom is -0.351 e. The molecule has 1 aliphatic heterocycles. The van der Waals surface area contributed by atoms with E-state index in [1.54, 1.807) is 36.4 Å². The molecule has 3 amide bonds. The summed E-state index contributed by atoms with van der Waals surface area (Å²) < 4.78 is 13.1. The molecule has 1 saturated heterocycles. The van der Waals surface area contributed by atoms with Crippen LogP contribution in [0.5, 0.6) is 0 Å². The maximum atomic E-state index is 13.1. The Kier molecular flexibility index (Phi) is 7.07. The van der Waals surface area contributed by atoms with Crippen LogP contribution in [-0.2, 0) is 11.3 Å². The van der Waals surface area contributed by atoms with Crippen molar-refractivity contribution in [3.05, 3.63) is 70.5 Å². The SMILES string of the molecule is CC1CN(Cc2ccc(F)cc2)CCN1C(=O)/C=C/c1ccc(Cl)cc1NC(N)=O. The lowest BCUT2D eigenvalue weighted by atomic mass is 10.1. The zero-order valence-corrected chi connectivity index (χ0v) is 17.4. The molecule has 1 unspecified atom stereocenters. The summed E-state index contributed by atoms with van der Waals surface area (Å²) in [6, 6.07) is 10.8. The molecule has 0 saturated carbocycles. The standard InChI is InChI=1S/C22H24ClFN4O2/c1-15-13-27(14-16-2-7-19(24)8-3-16)10-11-28(15)21(29)9-5-17-4-6-18(23)12-20(17)26-22(25)30/h2-9,12,15H,10-11,13-14H2,1H3,(H3,25,26,30)/b9-5+. The topological polar surface area (TPSA) is 78.7 Å². The molecule has 0 spiro atoms. The summed E-state index contributed by atoms with van der Waals surface area (Å²) in [4.78, 5) is 28.0. The highest BCUT2D eigenvalue weighted by atomic mass is 35.5. The molecule has 1 atom stereocenters. The number of hydrogen-bond acceptors (Lipinski definition) is 3. The minimum absolute atomic E-state index is 0.0322. The van der Waals surface area contributed by atoms with Gasteiger partial charge in [-0.15, -0.1) is 0 Å². The van der Waals surface area contributed by atoms with E-state index in [1.807, 2.05) is 11.8 Å². The maximum Gasteiger partial charge on any atom is 0.316 e. The summed E-state index contributed by atoms with van der Waals surface area (Å²) in [5.41, 5.74) is 7.31. The third-order valence-electron chi connectivity index (χ3n) is 4.99. The fourth-order valence-corrected chi connectivity index (χ4v) is 3.70. The number of anilines is 1. The molecule has 6 nitrogen and oxygen atoms in total. The van der Waals surface area contributed by atoms with Gasteiger partial charge in [-0.1, -0.05) is 29.8 Å². The van der Waals surface area contributed by atoms with Crippen molar-refractivity contribution >= 4 is 35.3 Å². The van der Waals surface area contributed by atoms with E-state index in [2.05, 4.69) is 10.2 Å². The van der Waals surface area contributed by atoms with Crippen molar-refractivity contribution in [2.45, 2.75) is 19.5 Å². The highest BCUT2D eigenvalue weighted by Gasteiger charge is 2.26. The number of urea groups is 1. The van der Waals surface area contributed by atoms with Gasteiger partial charge in [-0.25, -0.2) is 9.18 Å². The van der Waals surface area contributed by atoms with Gasteiger partial charge in [-0.3, -0.25) is 9.69 Å². The van der Waals surface area contributed by atoms with E-state index in [0.717, 1.165) is 25.2 Å². The summed E-state index contributed by atoms with van der Waals surface area (Å²) in [6.07, 6.45) is 3.13. The number of nitrogens with one attached hydrogen (secondary N) is 1. The van der Waals surface area contributed by atoms with Crippen molar-refractivity contribution in [1.82, 2.24) is 9.80 Å². The summed E-state index contributed by atoms with van der Waals surface area (Å²) in [6.45, 7) is 4.78. The first kappa shape index (κ1) is 21.8. The third-order valence-corrected chi connectivity index (χ3v) is 5.23. The molecule has 2 aromatic carbocycles. The van der Waals surface area contributed by atoms with Crippen LogP contribution in [0.1, 0.15) is 18.1 Å². The lowest BCUT2D eigenvalue weighted by molar-refractivity contribution is -0.130. The van der Waals surface area contributed by atoms with Crippen LogP contribution in [0.2, 0.25) is 5.02 Å². The van der Waals surface area contributed by atoms with Crippen LogP contribution in [0.25, 0.3) is 6.08 Å². The van der Waals surface area contributed by atoms with Gasteiger partial charge in [0.05, 0.1) is 5.69 Å². The second-order valence-electron chi connectivity index (χ2n) is 7.30. The molecule has 1 aliphatic rings. The third kappa shape index (κ3) is 5.81. The average molecular weight is 431 g/mol. The van der Waals surface area contributed by atoms with Gasteiger partial charge in [0.2, 0.25) is 5.91 Å². The molecule has 0 aliphatic carbocycles. The number of benzene rings is 2. The highest BCUT2D eigenvalue weighted by Crippen LogP contribution is 2.23. The van der Waals surface area contributed by atoms with Crippen molar-refractivity contribution in [3.63, 3.8) is 0 Å². The summed E-state index contributed by atoms with van der Waals surface area (Å²) in [5, 5.41) is 2.96. The Balaban J connectivity index is 1.61. The molecule has 1 fully saturated rings. The zero-order valence-electron chi connectivity index (χ0n) is 16.6. The number of amides is 3. The molecule has 8 heteroatoms. The van der Waals surface area contributed by atoms with Crippen LogP contribution in [0.4, 0.5) is 14.9 Å². The number of hydrogen-bond donors (Lipinski definition) is 2. The number of halogens is 2. The van der Waals surface area contributed by atoms with Gasteiger partial charge in [0, 0.05) is 43.3 Å². The van der Waals surface area contributed by atoms with Crippen molar-refractivity contribution in [3.8, 4) is 0 Å². The van der Waals surface area contributed by atoms with E-state index in [0.29, 0.717) is 22.8 Å². The molecule has 158 valence electrons. The maximum absolute atomic E-state index is 13.1. The molecule has 3 N–H and O–H groups in total. The number of carbonyl (C=O) groups excluding carboxylic acids is 2. The molecular formula is C22H24ClFN4O2. The molecule has 2 aromatic rings. The monoisotopic (exact) mass is 430 g/mol. The van der Waals surface area contributed by atoms with Crippen molar-refractivity contribution in [2.24, 2.45) is 5.73 Å². The van der Waals surface area contributed by atoms with Crippen molar-refractivity contribution in [1.29, 1.82) is 0 Å². The molecule has 30 heavy (non-hydrogen) atoms. The van der Waals surface area contributed by atoms with Crippen LogP contribution in [0, 0.1) is 5.82 Å². The number of piperazine rings is 1. The van der Waals surface area contributed by atoms with Gasteiger partial charge in [-0.05, 0) is 48.4 Å². The number of nitrogens with two attached hydrogens (primary N) is 1. The van der Waals surface area contributed by atoms with Gasteiger partial charge >= 0.3 is 6.03 Å².